The summed E-state index contributed by atoms with van der Waals surface area (Å²) in [5.41, 5.74) is 1.13. The standard InChI is InChI=1S/C19H26O5/c1-18(2)21-13-10-14-16(24-19(3,4)22-14)17(15(13)23-18)20-11-12-8-6-5-7-9-12/h5-9,13-17H,10-11H2,1-4H3/t13-,14-,15-,16?,17?/m0/s1. The lowest BCUT2D eigenvalue weighted by Crippen LogP contribution is -2.54. The van der Waals surface area contributed by atoms with Gasteiger partial charge in [-0.05, 0) is 33.3 Å². The highest BCUT2D eigenvalue weighted by atomic mass is 16.8. The Hall–Kier alpha value is -0.980. The quantitative estimate of drug-likeness (QED) is 0.850. The molecule has 1 aromatic carbocycles. The van der Waals surface area contributed by atoms with Gasteiger partial charge in [0.2, 0.25) is 0 Å². The van der Waals surface area contributed by atoms with Crippen LogP contribution in [-0.4, -0.2) is 42.1 Å². The first-order valence-corrected chi connectivity index (χ1v) is 8.70. The summed E-state index contributed by atoms with van der Waals surface area (Å²) in [4.78, 5) is 0. The average molecular weight is 334 g/mol. The van der Waals surface area contributed by atoms with Gasteiger partial charge in [0.05, 0.1) is 18.8 Å². The molecule has 3 fully saturated rings. The summed E-state index contributed by atoms with van der Waals surface area (Å²) < 4.78 is 30.7. The molecule has 4 rings (SSSR count). The first-order valence-electron chi connectivity index (χ1n) is 8.70. The van der Waals surface area contributed by atoms with Crippen LogP contribution in [0.3, 0.4) is 0 Å². The summed E-state index contributed by atoms with van der Waals surface area (Å²) in [5, 5.41) is 0. The SMILES string of the molecule is CC1(C)OC2C(OCc3ccccc3)[C@H]3OC(C)(C)O[C@H]3C[C@@H]2O1. The van der Waals surface area contributed by atoms with Crippen LogP contribution in [0.2, 0.25) is 0 Å². The molecule has 2 aliphatic heterocycles. The maximum absolute atomic E-state index is 6.27. The zero-order chi connectivity index (χ0) is 16.9. The minimum absolute atomic E-state index is 0.0282. The molecule has 5 nitrogen and oxygen atoms in total. The molecule has 1 aromatic rings. The number of ether oxygens (including phenoxy) is 5. The van der Waals surface area contributed by atoms with Crippen LogP contribution < -0.4 is 0 Å². The average Bonchev–Trinajstić information content (AvgIpc) is 2.97. The van der Waals surface area contributed by atoms with Gasteiger partial charge in [-0.3, -0.25) is 0 Å². The molecule has 0 aromatic heterocycles. The largest absolute Gasteiger partial charge is 0.368 e. The van der Waals surface area contributed by atoms with Gasteiger partial charge >= 0.3 is 0 Å². The van der Waals surface area contributed by atoms with Gasteiger partial charge < -0.3 is 23.7 Å². The van der Waals surface area contributed by atoms with E-state index < -0.39 is 11.6 Å². The van der Waals surface area contributed by atoms with Gasteiger partial charge in [-0.15, -0.1) is 0 Å². The Morgan fingerprint density at radius 3 is 1.96 bits per heavy atom. The van der Waals surface area contributed by atoms with Crippen molar-refractivity contribution < 1.29 is 23.7 Å². The molecule has 5 atom stereocenters. The summed E-state index contributed by atoms with van der Waals surface area (Å²) in [6.07, 6.45) is 0.231. The van der Waals surface area contributed by atoms with Crippen molar-refractivity contribution in [1.29, 1.82) is 0 Å². The van der Waals surface area contributed by atoms with Crippen molar-refractivity contribution >= 4 is 0 Å². The molecule has 1 saturated carbocycles. The third-order valence-electron chi connectivity index (χ3n) is 4.84. The Morgan fingerprint density at radius 1 is 0.875 bits per heavy atom. The van der Waals surface area contributed by atoms with E-state index in [2.05, 4.69) is 12.1 Å². The van der Waals surface area contributed by atoms with Gasteiger partial charge in [-0.2, -0.15) is 0 Å². The molecule has 24 heavy (non-hydrogen) atoms. The normalized spacial score (nSPS) is 39.4. The van der Waals surface area contributed by atoms with Crippen LogP contribution in [0, 0.1) is 0 Å². The van der Waals surface area contributed by atoms with Crippen molar-refractivity contribution in [1.82, 2.24) is 0 Å². The molecule has 2 unspecified atom stereocenters. The second-order valence-corrected chi connectivity index (χ2v) is 7.77. The second kappa shape index (κ2) is 5.78. The smallest absolute Gasteiger partial charge is 0.163 e. The molecule has 0 amide bonds. The number of hydrogen-bond acceptors (Lipinski definition) is 5. The van der Waals surface area contributed by atoms with E-state index in [4.69, 9.17) is 23.7 Å². The summed E-state index contributed by atoms with van der Waals surface area (Å²) in [6.45, 7) is 8.30. The summed E-state index contributed by atoms with van der Waals surface area (Å²) >= 11 is 0. The number of rotatable bonds is 3. The molecule has 3 aliphatic rings. The van der Waals surface area contributed by atoms with E-state index in [1.54, 1.807) is 0 Å². The number of hydrogen-bond donors (Lipinski definition) is 0. The van der Waals surface area contributed by atoms with Crippen molar-refractivity contribution in [2.24, 2.45) is 0 Å². The van der Waals surface area contributed by atoms with Crippen LogP contribution in [0.1, 0.15) is 39.7 Å². The van der Waals surface area contributed by atoms with E-state index in [1.807, 2.05) is 45.9 Å². The Kier molecular flexibility index (Phi) is 3.97. The maximum atomic E-state index is 6.27. The fourth-order valence-corrected chi connectivity index (χ4v) is 4.02. The molecule has 2 saturated heterocycles. The lowest BCUT2D eigenvalue weighted by atomic mass is 9.87. The van der Waals surface area contributed by atoms with Gasteiger partial charge in [0.15, 0.2) is 11.6 Å². The Bertz CT molecular complexity index is 555. The van der Waals surface area contributed by atoms with Crippen LogP contribution in [-0.2, 0) is 30.3 Å². The van der Waals surface area contributed by atoms with Crippen LogP contribution >= 0.6 is 0 Å². The van der Waals surface area contributed by atoms with Gasteiger partial charge in [-0.25, -0.2) is 0 Å². The van der Waals surface area contributed by atoms with Gasteiger partial charge in [0, 0.05) is 6.42 Å². The van der Waals surface area contributed by atoms with Crippen LogP contribution in [0.25, 0.3) is 0 Å². The Morgan fingerprint density at radius 2 is 1.42 bits per heavy atom. The molecule has 2 heterocycles. The fourth-order valence-electron chi connectivity index (χ4n) is 4.02. The zero-order valence-electron chi connectivity index (χ0n) is 14.7. The van der Waals surface area contributed by atoms with E-state index in [-0.39, 0.29) is 30.5 Å². The molecular weight excluding hydrogens is 308 g/mol. The maximum Gasteiger partial charge on any atom is 0.163 e. The lowest BCUT2D eigenvalue weighted by molar-refractivity contribution is -0.190. The second-order valence-electron chi connectivity index (χ2n) is 7.77. The monoisotopic (exact) mass is 334 g/mol. The Balaban J connectivity index is 1.55. The van der Waals surface area contributed by atoms with Crippen molar-refractivity contribution in [2.75, 3.05) is 0 Å². The van der Waals surface area contributed by atoms with Crippen LogP contribution in [0.15, 0.2) is 30.3 Å². The summed E-state index contributed by atoms with van der Waals surface area (Å²) in [7, 11) is 0. The van der Waals surface area contributed by atoms with Crippen molar-refractivity contribution in [2.45, 2.75) is 82.8 Å². The fraction of sp³-hybridized carbons (Fsp3) is 0.684. The molecule has 0 N–H and O–H groups in total. The van der Waals surface area contributed by atoms with E-state index in [9.17, 15) is 0 Å². The predicted octanol–water partition coefficient (Wildman–Crippen LogP) is 3.02. The van der Waals surface area contributed by atoms with E-state index in [0.29, 0.717) is 6.61 Å². The lowest BCUT2D eigenvalue weighted by Gasteiger charge is -2.37. The molecule has 0 radical (unpaired) electrons. The molecule has 132 valence electrons. The van der Waals surface area contributed by atoms with Gasteiger partial charge in [0.1, 0.15) is 18.3 Å². The van der Waals surface area contributed by atoms with Gasteiger partial charge in [0.25, 0.3) is 0 Å². The third kappa shape index (κ3) is 3.11. The summed E-state index contributed by atoms with van der Waals surface area (Å²) in [6, 6.07) is 10.2. The van der Waals surface area contributed by atoms with E-state index >= 15 is 0 Å². The topological polar surface area (TPSA) is 46.2 Å². The minimum Gasteiger partial charge on any atom is -0.368 e. The molecule has 0 spiro atoms. The van der Waals surface area contributed by atoms with Crippen LogP contribution in [0.5, 0.6) is 0 Å². The van der Waals surface area contributed by atoms with Crippen molar-refractivity contribution in [3.8, 4) is 0 Å². The molecular formula is C19H26O5. The molecule has 5 heteroatoms. The minimum atomic E-state index is -0.599. The molecule has 0 bridgehead atoms. The first-order chi connectivity index (χ1) is 11.3. The van der Waals surface area contributed by atoms with E-state index in [1.165, 1.54) is 0 Å². The first kappa shape index (κ1) is 16.5. The highest BCUT2D eigenvalue weighted by molar-refractivity contribution is 5.14. The van der Waals surface area contributed by atoms with Crippen LogP contribution in [0.4, 0.5) is 0 Å². The number of benzene rings is 1. The predicted molar refractivity (Wildman–Crippen MR) is 87.3 cm³/mol. The highest BCUT2D eigenvalue weighted by Gasteiger charge is 2.59. The van der Waals surface area contributed by atoms with Gasteiger partial charge in [-0.1, -0.05) is 30.3 Å². The van der Waals surface area contributed by atoms with Crippen molar-refractivity contribution in [3.63, 3.8) is 0 Å². The number of fused-ring (bicyclic) bond motifs is 2. The van der Waals surface area contributed by atoms with Crippen molar-refractivity contribution in [3.05, 3.63) is 35.9 Å². The zero-order valence-corrected chi connectivity index (χ0v) is 14.7. The highest BCUT2D eigenvalue weighted by Crippen LogP contribution is 2.45. The molecule has 1 aliphatic carbocycles. The summed E-state index contributed by atoms with van der Waals surface area (Å²) in [5.74, 6) is -1.20. The third-order valence-corrected chi connectivity index (χ3v) is 4.84. The Labute approximate surface area is 143 Å². The van der Waals surface area contributed by atoms with E-state index in [0.717, 1.165) is 12.0 Å².